The summed E-state index contributed by atoms with van der Waals surface area (Å²) in [5.41, 5.74) is 0.898. The van der Waals surface area contributed by atoms with Gasteiger partial charge in [0.2, 0.25) is 0 Å². The zero-order valence-corrected chi connectivity index (χ0v) is 12.5. The molecule has 3 nitrogen and oxygen atoms in total. The van der Waals surface area contributed by atoms with E-state index >= 15 is 0 Å². The van der Waals surface area contributed by atoms with Crippen molar-refractivity contribution in [1.82, 2.24) is 0 Å². The van der Waals surface area contributed by atoms with Gasteiger partial charge in [-0.1, -0.05) is 24.3 Å². The predicted octanol–water partition coefficient (Wildman–Crippen LogP) is 4.08. The van der Waals surface area contributed by atoms with Gasteiger partial charge in [0.25, 0.3) is 0 Å². The Bertz CT molecular complexity index is 618. The van der Waals surface area contributed by atoms with Gasteiger partial charge in [0.1, 0.15) is 11.5 Å². The van der Waals surface area contributed by atoms with Crippen LogP contribution in [0.4, 0.5) is 0 Å². The zero-order chi connectivity index (χ0) is 14.4. The van der Waals surface area contributed by atoms with Crippen LogP contribution >= 0.6 is 15.9 Å². The molecule has 102 valence electrons. The van der Waals surface area contributed by atoms with Crippen molar-refractivity contribution in [2.75, 3.05) is 7.11 Å². The normalized spacial score (nSPS) is 10.5. The van der Waals surface area contributed by atoms with E-state index in [1.54, 1.807) is 25.3 Å². The van der Waals surface area contributed by atoms with Gasteiger partial charge in [-0.2, -0.15) is 0 Å². The van der Waals surface area contributed by atoms with Crippen LogP contribution in [0.1, 0.15) is 5.56 Å². The molecule has 0 aliphatic rings. The lowest BCUT2D eigenvalue weighted by Crippen LogP contribution is -2.03. The highest BCUT2D eigenvalue weighted by atomic mass is 79.9. The van der Waals surface area contributed by atoms with Gasteiger partial charge in [0.15, 0.2) is 0 Å². The molecule has 0 aliphatic carbocycles. The maximum absolute atomic E-state index is 11.7. The van der Waals surface area contributed by atoms with E-state index < -0.39 is 5.97 Å². The van der Waals surface area contributed by atoms with E-state index in [1.807, 2.05) is 36.4 Å². The fraction of sp³-hybridized carbons (Fsp3) is 0.0625. The summed E-state index contributed by atoms with van der Waals surface area (Å²) in [6.45, 7) is 0. The van der Waals surface area contributed by atoms with Gasteiger partial charge in [-0.25, -0.2) is 4.79 Å². The summed E-state index contributed by atoms with van der Waals surface area (Å²) in [6.07, 6.45) is 3.08. The molecule has 0 heterocycles. The maximum Gasteiger partial charge on any atom is 0.336 e. The Morgan fingerprint density at radius 2 is 1.80 bits per heavy atom. The summed E-state index contributed by atoms with van der Waals surface area (Å²) >= 11 is 3.32. The number of methoxy groups -OCH3 is 1. The first-order chi connectivity index (χ1) is 9.69. The van der Waals surface area contributed by atoms with E-state index in [1.165, 1.54) is 6.08 Å². The summed E-state index contributed by atoms with van der Waals surface area (Å²) < 4.78 is 11.0. The largest absolute Gasteiger partial charge is 0.497 e. The Morgan fingerprint density at radius 1 is 1.10 bits per heavy atom. The molecule has 0 fully saturated rings. The molecule has 0 N–H and O–H groups in total. The second-order valence-corrected chi connectivity index (χ2v) is 4.81. The Hall–Kier alpha value is -2.07. The van der Waals surface area contributed by atoms with Crippen LogP contribution in [0.15, 0.2) is 59.1 Å². The molecule has 0 amide bonds. The first kappa shape index (κ1) is 14.3. The Morgan fingerprint density at radius 3 is 2.45 bits per heavy atom. The fourth-order valence-corrected chi connectivity index (χ4v) is 1.91. The molecular weight excluding hydrogens is 320 g/mol. The zero-order valence-electron chi connectivity index (χ0n) is 10.9. The molecule has 2 aromatic rings. The van der Waals surface area contributed by atoms with Gasteiger partial charge in [-0.3, -0.25) is 0 Å². The van der Waals surface area contributed by atoms with Gasteiger partial charge in [-0.05, 0) is 51.8 Å². The molecule has 0 saturated heterocycles. The second-order valence-electron chi connectivity index (χ2n) is 3.96. The first-order valence-corrected chi connectivity index (χ1v) is 6.77. The fourth-order valence-electron chi connectivity index (χ4n) is 1.55. The number of rotatable bonds is 4. The summed E-state index contributed by atoms with van der Waals surface area (Å²) in [4.78, 5) is 11.7. The molecule has 0 bridgehead atoms. The van der Waals surface area contributed by atoms with Crippen LogP contribution in [0.5, 0.6) is 11.5 Å². The third-order valence-corrected chi connectivity index (χ3v) is 3.23. The van der Waals surface area contributed by atoms with E-state index in [0.717, 1.165) is 15.8 Å². The van der Waals surface area contributed by atoms with E-state index in [4.69, 9.17) is 9.47 Å². The van der Waals surface area contributed by atoms with Crippen molar-refractivity contribution in [2.24, 2.45) is 0 Å². The Balaban J connectivity index is 2.00. The Labute approximate surface area is 126 Å². The molecule has 0 spiro atoms. The molecule has 0 saturated carbocycles. The molecule has 0 aliphatic heterocycles. The van der Waals surface area contributed by atoms with E-state index in [9.17, 15) is 4.79 Å². The number of carbonyl (C=O) groups is 1. The monoisotopic (exact) mass is 332 g/mol. The maximum atomic E-state index is 11.7. The van der Waals surface area contributed by atoms with Gasteiger partial charge in [0, 0.05) is 6.08 Å². The van der Waals surface area contributed by atoms with Crippen molar-refractivity contribution in [3.8, 4) is 11.5 Å². The van der Waals surface area contributed by atoms with Crippen LogP contribution in [-0.4, -0.2) is 13.1 Å². The van der Waals surface area contributed by atoms with Crippen molar-refractivity contribution < 1.29 is 14.3 Å². The highest BCUT2D eigenvalue weighted by Crippen LogP contribution is 2.24. The highest BCUT2D eigenvalue weighted by molar-refractivity contribution is 9.10. The number of benzene rings is 2. The van der Waals surface area contributed by atoms with Crippen LogP contribution in [-0.2, 0) is 4.79 Å². The van der Waals surface area contributed by atoms with Crippen LogP contribution in [0.3, 0.4) is 0 Å². The average molecular weight is 333 g/mol. The number of hydrogen-bond acceptors (Lipinski definition) is 3. The summed E-state index contributed by atoms with van der Waals surface area (Å²) in [5.74, 6) is 0.850. The van der Waals surface area contributed by atoms with Crippen LogP contribution < -0.4 is 9.47 Å². The number of ether oxygens (including phenoxy) is 2. The number of esters is 1. The van der Waals surface area contributed by atoms with Crippen molar-refractivity contribution in [2.45, 2.75) is 0 Å². The quantitative estimate of drug-likeness (QED) is 0.481. The molecule has 0 unspecified atom stereocenters. The SMILES string of the molecule is COc1ccc(/C=C/C(=O)Oc2ccccc2Br)cc1. The third kappa shape index (κ3) is 3.96. The molecule has 4 heteroatoms. The minimum Gasteiger partial charge on any atom is -0.497 e. The van der Waals surface area contributed by atoms with Crippen molar-refractivity contribution in [1.29, 1.82) is 0 Å². The standard InChI is InChI=1S/C16H13BrO3/c1-19-13-9-6-12(7-10-13)8-11-16(18)20-15-5-3-2-4-14(15)17/h2-11H,1H3/b11-8+. The molecule has 20 heavy (non-hydrogen) atoms. The van der Waals surface area contributed by atoms with Gasteiger partial charge in [0.05, 0.1) is 11.6 Å². The summed E-state index contributed by atoms with van der Waals surface area (Å²) in [7, 11) is 1.61. The predicted molar refractivity (Wildman–Crippen MR) is 81.8 cm³/mol. The minimum absolute atomic E-state index is 0.423. The van der Waals surface area contributed by atoms with Crippen molar-refractivity contribution >= 4 is 28.0 Å². The van der Waals surface area contributed by atoms with E-state index in [0.29, 0.717) is 5.75 Å². The van der Waals surface area contributed by atoms with Gasteiger partial charge in [-0.15, -0.1) is 0 Å². The average Bonchev–Trinajstić information content (AvgIpc) is 2.48. The van der Waals surface area contributed by atoms with Crippen LogP contribution in [0.25, 0.3) is 6.08 Å². The minimum atomic E-state index is -0.423. The second kappa shape index (κ2) is 6.91. The molecule has 0 aromatic heterocycles. The van der Waals surface area contributed by atoms with E-state index in [-0.39, 0.29) is 0 Å². The number of hydrogen-bond donors (Lipinski definition) is 0. The topological polar surface area (TPSA) is 35.5 Å². The lowest BCUT2D eigenvalue weighted by atomic mass is 10.2. The highest BCUT2D eigenvalue weighted by Gasteiger charge is 2.03. The lowest BCUT2D eigenvalue weighted by Gasteiger charge is -2.03. The molecular formula is C16H13BrO3. The molecule has 2 rings (SSSR count). The van der Waals surface area contributed by atoms with Crippen molar-refractivity contribution in [3.05, 3.63) is 64.6 Å². The molecule has 0 atom stereocenters. The van der Waals surface area contributed by atoms with Crippen LogP contribution in [0, 0.1) is 0 Å². The summed E-state index contributed by atoms with van der Waals surface area (Å²) in [6, 6.07) is 14.6. The van der Waals surface area contributed by atoms with Gasteiger partial charge >= 0.3 is 5.97 Å². The lowest BCUT2D eigenvalue weighted by molar-refractivity contribution is -0.128. The number of carbonyl (C=O) groups excluding carboxylic acids is 1. The number of para-hydroxylation sites is 1. The van der Waals surface area contributed by atoms with Crippen molar-refractivity contribution in [3.63, 3.8) is 0 Å². The number of halogens is 1. The van der Waals surface area contributed by atoms with E-state index in [2.05, 4.69) is 15.9 Å². The van der Waals surface area contributed by atoms with Gasteiger partial charge < -0.3 is 9.47 Å². The molecule has 2 aromatic carbocycles. The van der Waals surface area contributed by atoms with Crippen LogP contribution in [0.2, 0.25) is 0 Å². The smallest absolute Gasteiger partial charge is 0.336 e. The first-order valence-electron chi connectivity index (χ1n) is 5.97. The third-order valence-electron chi connectivity index (χ3n) is 2.57. The Kier molecular flexibility index (Phi) is 4.96. The molecule has 0 radical (unpaired) electrons. The summed E-state index contributed by atoms with van der Waals surface area (Å²) in [5, 5.41) is 0.